The monoisotopic (exact) mass is 354 g/mol. The summed E-state index contributed by atoms with van der Waals surface area (Å²) in [5, 5.41) is 2.75. The zero-order valence-corrected chi connectivity index (χ0v) is 14.2. The summed E-state index contributed by atoms with van der Waals surface area (Å²) in [5.74, 6) is 0. The van der Waals surface area contributed by atoms with Crippen LogP contribution in [-0.2, 0) is 0 Å². The second-order valence-corrected chi connectivity index (χ2v) is 6.28. The van der Waals surface area contributed by atoms with Crippen molar-refractivity contribution in [2.45, 2.75) is 0 Å². The molecule has 0 aliphatic carbocycles. The van der Waals surface area contributed by atoms with Crippen molar-refractivity contribution in [3.8, 4) is 0 Å². The predicted molar refractivity (Wildman–Crippen MR) is 108 cm³/mol. The van der Waals surface area contributed by atoms with Crippen LogP contribution in [0.2, 0.25) is 0 Å². The smallest absolute Gasteiger partial charge is 0.336 e. The summed E-state index contributed by atoms with van der Waals surface area (Å²) in [7, 11) is 0. The van der Waals surface area contributed by atoms with E-state index in [9.17, 15) is 4.79 Å². The van der Waals surface area contributed by atoms with E-state index >= 15 is 0 Å². The number of hydrogen-bond donors (Lipinski definition) is 1. The van der Waals surface area contributed by atoms with E-state index < -0.39 is 5.63 Å². The second kappa shape index (κ2) is 5.85. The van der Waals surface area contributed by atoms with Gasteiger partial charge in [-0.3, -0.25) is 4.99 Å². The summed E-state index contributed by atoms with van der Waals surface area (Å²) in [4.78, 5) is 16.5. The van der Waals surface area contributed by atoms with E-state index in [-0.39, 0.29) is 0 Å². The highest BCUT2D eigenvalue weighted by molar-refractivity contribution is 6.11. The summed E-state index contributed by atoms with van der Waals surface area (Å²) in [6, 6.07) is 20.3. The van der Waals surface area contributed by atoms with Gasteiger partial charge in [0.15, 0.2) is 0 Å². The van der Waals surface area contributed by atoms with Gasteiger partial charge in [0.05, 0.1) is 11.4 Å². The van der Waals surface area contributed by atoms with Crippen molar-refractivity contribution in [1.82, 2.24) is 0 Å². The minimum atomic E-state index is -0.444. The van der Waals surface area contributed by atoms with Crippen LogP contribution in [0.3, 0.4) is 0 Å². The molecule has 0 spiro atoms. The topological polar surface area (TPSA) is 81.7 Å². The van der Waals surface area contributed by atoms with Crippen LogP contribution in [0.15, 0.2) is 85.4 Å². The average Bonchev–Trinajstić information content (AvgIpc) is 3.03. The number of furan rings is 1. The molecule has 130 valence electrons. The molecule has 2 heterocycles. The third-order valence-electron chi connectivity index (χ3n) is 4.55. The van der Waals surface area contributed by atoms with Crippen molar-refractivity contribution in [2.24, 2.45) is 4.99 Å². The Hall–Kier alpha value is -3.86. The van der Waals surface area contributed by atoms with Gasteiger partial charge >= 0.3 is 5.63 Å². The lowest BCUT2D eigenvalue weighted by Crippen LogP contribution is -2.00. The number of anilines is 1. The van der Waals surface area contributed by atoms with Crippen molar-refractivity contribution >= 4 is 50.5 Å². The van der Waals surface area contributed by atoms with Gasteiger partial charge in [-0.25, -0.2) is 4.79 Å². The third-order valence-corrected chi connectivity index (χ3v) is 4.55. The fourth-order valence-electron chi connectivity index (χ4n) is 3.26. The van der Waals surface area contributed by atoms with Crippen molar-refractivity contribution in [1.29, 1.82) is 0 Å². The van der Waals surface area contributed by atoms with Gasteiger partial charge in [-0.1, -0.05) is 30.3 Å². The van der Waals surface area contributed by atoms with Crippen LogP contribution in [0.4, 0.5) is 11.4 Å². The Balaban J connectivity index is 1.77. The van der Waals surface area contributed by atoms with Crippen LogP contribution >= 0.6 is 0 Å². The van der Waals surface area contributed by atoms with Crippen LogP contribution in [0.1, 0.15) is 5.56 Å². The molecule has 0 saturated heterocycles. The van der Waals surface area contributed by atoms with Crippen LogP contribution in [0.5, 0.6) is 0 Å². The zero-order chi connectivity index (χ0) is 18.4. The number of nitrogens with two attached hydrogens (primary N) is 1. The van der Waals surface area contributed by atoms with E-state index in [1.165, 1.54) is 6.07 Å². The molecule has 5 rings (SSSR count). The third kappa shape index (κ3) is 2.57. The molecule has 5 heteroatoms. The van der Waals surface area contributed by atoms with Crippen molar-refractivity contribution in [2.75, 3.05) is 5.73 Å². The number of rotatable bonds is 2. The summed E-state index contributed by atoms with van der Waals surface area (Å²) in [5.41, 5.74) is 9.30. The molecule has 0 aliphatic rings. The summed E-state index contributed by atoms with van der Waals surface area (Å²) in [6.45, 7) is 0. The number of fused-ring (bicyclic) bond motifs is 4. The van der Waals surface area contributed by atoms with E-state index in [0.29, 0.717) is 28.1 Å². The minimum Gasteiger partial charge on any atom is -0.456 e. The lowest BCUT2D eigenvalue weighted by atomic mass is 10.1. The molecule has 5 nitrogen and oxygen atoms in total. The Labute approximate surface area is 153 Å². The highest BCUT2D eigenvalue weighted by Crippen LogP contribution is 2.32. The van der Waals surface area contributed by atoms with E-state index in [4.69, 9.17) is 14.6 Å². The Morgan fingerprint density at radius 1 is 0.778 bits per heavy atom. The first-order valence-electron chi connectivity index (χ1n) is 8.47. The van der Waals surface area contributed by atoms with Gasteiger partial charge in [-0.05, 0) is 24.3 Å². The molecular formula is C22H14N2O3. The molecule has 2 N–H and O–H groups in total. The minimum absolute atomic E-state index is 0.444. The van der Waals surface area contributed by atoms with E-state index in [2.05, 4.69) is 4.99 Å². The number of nitrogen functional groups attached to an aromatic ring is 1. The molecule has 0 atom stereocenters. The quantitative estimate of drug-likeness (QED) is 0.274. The lowest BCUT2D eigenvalue weighted by Gasteiger charge is -2.02. The molecule has 0 unspecified atom stereocenters. The molecule has 0 fully saturated rings. The number of para-hydroxylation sites is 3. The molecule has 3 aromatic carbocycles. The Morgan fingerprint density at radius 2 is 1.56 bits per heavy atom. The van der Waals surface area contributed by atoms with Gasteiger partial charge in [0, 0.05) is 40.1 Å². The van der Waals surface area contributed by atoms with Crippen LogP contribution in [0, 0.1) is 0 Å². The molecule has 27 heavy (non-hydrogen) atoms. The lowest BCUT2D eigenvalue weighted by molar-refractivity contribution is 0.560. The molecule has 0 radical (unpaired) electrons. The molecule has 0 bridgehead atoms. The van der Waals surface area contributed by atoms with Gasteiger partial charge in [0.2, 0.25) is 0 Å². The molecule has 2 aromatic heterocycles. The number of aliphatic imine (C=N–C) groups is 1. The fourth-order valence-corrected chi connectivity index (χ4v) is 3.26. The summed E-state index contributed by atoms with van der Waals surface area (Å²) < 4.78 is 11.3. The van der Waals surface area contributed by atoms with Gasteiger partial charge < -0.3 is 14.6 Å². The van der Waals surface area contributed by atoms with E-state index in [1.54, 1.807) is 18.3 Å². The highest BCUT2D eigenvalue weighted by Gasteiger charge is 2.11. The maximum Gasteiger partial charge on any atom is 0.336 e. The van der Waals surface area contributed by atoms with Gasteiger partial charge in [0.25, 0.3) is 0 Å². The van der Waals surface area contributed by atoms with Crippen LogP contribution in [0.25, 0.3) is 32.9 Å². The number of benzene rings is 3. The van der Waals surface area contributed by atoms with Crippen LogP contribution in [-0.4, -0.2) is 6.21 Å². The van der Waals surface area contributed by atoms with Gasteiger partial charge in [0.1, 0.15) is 16.7 Å². The molecule has 0 saturated carbocycles. The predicted octanol–water partition coefficient (Wildman–Crippen LogP) is 5.03. The van der Waals surface area contributed by atoms with E-state index in [1.807, 2.05) is 48.5 Å². The van der Waals surface area contributed by atoms with Crippen molar-refractivity contribution < 1.29 is 8.83 Å². The average molecular weight is 354 g/mol. The Bertz CT molecular complexity index is 1410. The Kier molecular flexibility index (Phi) is 3.33. The standard InChI is InChI=1S/C22H14N2O3/c23-17-6-2-3-7-18(17)24-12-13-9-22(25)27-20-11-21-16(10-15(13)20)14-5-1-4-8-19(14)26-21/h1-12H,23H2. The first kappa shape index (κ1) is 15.4. The van der Waals surface area contributed by atoms with Gasteiger partial charge in [-0.2, -0.15) is 0 Å². The fraction of sp³-hybridized carbons (Fsp3) is 0. The molecule has 5 aromatic rings. The molecule has 0 aliphatic heterocycles. The Morgan fingerprint density at radius 3 is 2.44 bits per heavy atom. The maximum atomic E-state index is 12.0. The van der Waals surface area contributed by atoms with Crippen LogP contribution < -0.4 is 11.4 Å². The summed E-state index contributed by atoms with van der Waals surface area (Å²) in [6.07, 6.45) is 1.64. The van der Waals surface area contributed by atoms with Gasteiger partial charge in [-0.15, -0.1) is 0 Å². The van der Waals surface area contributed by atoms with Crippen molar-refractivity contribution in [3.63, 3.8) is 0 Å². The molecular weight excluding hydrogens is 340 g/mol. The largest absolute Gasteiger partial charge is 0.456 e. The zero-order valence-electron chi connectivity index (χ0n) is 14.2. The first-order valence-corrected chi connectivity index (χ1v) is 8.47. The maximum absolute atomic E-state index is 12.0. The normalized spacial score (nSPS) is 11.9. The number of hydrogen-bond acceptors (Lipinski definition) is 5. The molecule has 0 amide bonds. The summed E-state index contributed by atoms with van der Waals surface area (Å²) >= 11 is 0. The second-order valence-electron chi connectivity index (χ2n) is 6.28. The van der Waals surface area contributed by atoms with Crippen molar-refractivity contribution in [3.05, 3.63) is 82.7 Å². The first-order chi connectivity index (χ1) is 13.2. The van der Waals surface area contributed by atoms with E-state index in [0.717, 1.165) is 21.7 Å². The SMILES string of the molecule is Nc1ccccc1N=Cc1cc(=O)oc2cc3oc4ccccc4c3cc12. The number of nitrogens with zero attached hydrogens (tertiary/aromatic N) is 1. The highest BCUT2D eigenvalue weighted by atomic mass is 16.4.